The number of aromatic nitrogens is 2. The Morgan fingerprint density at radius 1 is 1.40 bits per heavy atom. The second-order valence-electron chi connectivity index (χ2n) is 4.97. The van der Waals surface area contributed by atoms with Crippen molar-refractivity contribution < 1.29 is 9.90 Å². The number of nitrogens with zero attached hydrogens (tertiary/aromatic N) is 3. The van der Waals surface area contributed by atoms with E-state index in [1.54, 1.807) is 0 Å². The third-order valence-corrected chi connectivity index (χ3v) is 3.80. The van der Waals surface area contributed by atoms with Crippen LogP contribution >= 0.6 is 11.6 Å². The number of rotatable bonds is 1. The van der Waals surface area contributed by atoms with Crippen LogP contribution in [-0.2, 0) is 13.1 Å². The van der Waals surface area contributed by atoms with Gasteiger partial charge in [0.25, 0.3) is 0 Å². The number of halogens is 1. The number of benzene rings is 1. The zero-order chi connectivity index (χ0) is 14.3. The average Bonchev–Trinajstić information content (AvgIpc) is 2.81. The first-order valence-electron chi connectivity index (χ1n) is 6.37. The topological polar surface area (TPSA) is 58.4 Å². The summed E-state index contributed by atoms with van der Waals surface area (Å²) in [5, 5.41) is 14.4. The first-order chi connectivity index (χ1) is 9.54. The highest BCUT2D eigenvalue weighted by atomic mass is 35.5. The summed E-state index contributed by atoms with van der Waals surface area (Å²) in [5.41, 5.74) is 2.73. The lowest BCUT2D eigenvalue weighted by Gasteiger charge is -2.31. The summed E-state index contributed by atoms with van der Waals surface area (Å²) in [5.74, 6) is 0. The Labute approximate surface area is 121 Å². The van der Waals surface area contributed by atoms with E-state index in [-0.39, 0.29) is 6.04 Å². The predicted molar refractivity (Wildman–Crippen MR) is 75.7 cm³/mol. The molecular weight excluding hydrogens is 278 g/mol. The van der Waals surface area contributed by atoms with Crippen LogP contribution in [0.2, 0.25) is 5.02 Å². The molecule has 2 aromatic rings. The summed E-state index contributed by atoms with van der Waals surface area (Å²) in [6, 6.07) is 9.33. The molecular formula is C14H14ClN3O2. The Kier molecular flexibility index (Phi) is 3.14. The summed E-state index contributed by atoms with van der Waals surface area (Å²) in [7, 11) is 0. The van der Waals surface area contributed by atoms with E-state index in [1.807, 2.05) is 41.9 Å². The minimum Gasteiger partial charge on any atom is -0.465 e. The quantitative estimate of drug-likeness (QED) is 0.878. The number of carboxylic acid groups (broad SMARTS) is 1. The Bertz CT molecular complexity index is 651. The number of amides is 1. The normalized spacial score (nSPS) is 17.9. The van der Waals surface area contributed by atoms with Gasteiger partial charge in [-0.1, -0.05) is 23.7 Å². The van der Waals surface area contributed by atoms with E-state index in [4.69, 9.17) is 11.6 Å². The number of hydrogen-bond donors (Lipinski definition) is 1. The SMILES string of the molecule is C[C@@H]1Cn2nc(-c3ccc(Cl)cc3)cc2CN1C(=O)O. The van der Waals surface area contributed by atoms with Gasteiger partial charge in [-0.05, 0) is 25.1 Å². The van der Waals surface area contributed by atoms with E-state index in [0.717, 1.165) is 17.0 Å². The van der Waals surface area contributed by atoms with Crippen molar-refractivity contribution in [2.24, 2.45) is 0 Å². The molecule has 0 spiro atoms. The standard InChI is InChI=1S/C14H14ClN3O2/c1-9-7-18-12(8-17(9)14(19)20)6-13(16-18)10-2-4-11(15)5-3-10/h2-6,9H,7-8H2,1H3,(H,19,20)/t9-/m1/s1. The number of hydrogen-bond acceptors (Lipinski definition) is 2. The van der Waals surface area contributed by atoms with Crippen LogP contribution in [0, 0.1) is 0 Å². The molecule has 0 fully saturated rings. The largest absolute Gasteiger partial charge is 0.465 e. The van der Waals surface area contributed by atoms with Crippen LogP contribution in [0.25, 0.3) is 11.3 Å². The fourth-order valence-electron chi connectivity index (χ4n) is 2.44. The maximum Gasteiger partial charge on any atom is 0.407 e. The highest BCUT2D eigenvalue weighted by Gasteiger charge is 2.27. The zero-order valence-electron chi connectivity index (χ0n) is 11.0. The molecule has 0 radical (unpaired) electrons. The Hall–Kier alpha value is -2.01. The fraction of sp³-hybridized carbons (Fsp3) is 0.286. The van der Waals surface area contributed by atoms with E-state index < -0.39 is 6.09 Å². The third-order valence-electron chi connectivity index (χ3n) is 3.55. The molecule has 20 heavy (non-hydrogen) atoms. The predicted octanol–water partition coefficient (Wildman–Crippen LogP) is 3.09. The van der Waals surface area contributed by atoms with Gasteiger partial charge in [0.05, 0.1) is 30.5 Å². The molecule has 3 rings (SSSR count). The molecule has 1 aromatic heterocycles. The molecule has 6 heteroatoms. The molecule has 104 valence electrons. The molecule has 1 atom stereocenters. The minimum absolute atomic E-state index is 0.0713. The third kappa shape index (κ3) is 2.25. The number of carbonyl (C=O) groups is 1. The smallest absolute Gasteiger partial charge is 0.407 e. The fourth-order valence-corrected chi connectivity index (χ4v) is 2.56. The van der Waals surface area contributed by atoms with Crippen molar-refractivity contribution in [1.29, 1.82) is 0 Å². The average molecular weight is 292 g/mol. The lowest BCUT2D eigenvalue weighted by atomic mass is 10.1. The summed E-state index contributed by atoms with van der Waals surface area (Å²) < 4.78 is 1.88. The minimum atomic E-state index is -0.891. The number of fused-ring (bicyclic) bond motifs is 1. The van der Waals surface area contributed by atoms with Gasteiger partial charge in [-0.25, -0.2) is 4.79 Å². The molecule has 1 aromatic carbocycles. The van der Waals surface area contributed by atoms with E-state index in [2.05, 4.69) is 5.10 Å². The molecule has 1 amide bonds. The summed E-state index contributed by atoms with van der Waals surface area (Å²) >= 11 is 5.88. The van der Waals surface area contributed by atoms with Crippen molar-refractivity contribution in [2.75, 3.05) is 0 Å². The zero-order valence-corrected chi connectivity index (χ0v) is 11.7. The maximum absolute atomic E-state index is 11.2. The van der Waals surface area contributed by atoms with Gasteiger partial charge in [0.15, 0.2) is 0 Å². The van der Waals surface area contributed by atoms with Crippen LogP contribution < -0.4 is 0 Å². The van der Waals surface area contributed by atoms with Crippen LogP contribution in [0.15, 0.2) is 30.3 Å². The van der Waals surface area contributed by atoms with E-state index in [1.165, 1.54) is 4.90 Å². The van der Waals surface area contributed by atoms with Gasteiger partial charge in [-0.2, -0.15) is 5.10 Å². The molecule has 1 aliphatic rings. The van der Waals surface area contributed by atoms with Gasteiger partial charge >= 0.3 is 6.09 Å². The molecule has 0 saturated carbocycles. The van der Waals surface area contributed by atoms with Crippen molar-refractivity contribution >= 4 is 17.7 Å². The van der Waals surface area contributed by atoms with Crippen molar-refractivity contribution in [3.8, 4) is 11.3 Å². The Morgan fingerprint density at radius 2 is 2.10 bits per heavy atom. The molecule has 1 N–H and O–H groups in total. The molecule has 1 aliphatic heterocycles. The van der Waals surface area contributed by atoms with E-state index in [0.29, 0.717) is 18.1 Å². The Balaban J connectivity index is 1.94. The van der Waals surface area contributed by atoms with E-state index in [9.17, 15) is 9.90 Å². The Morgan fingerprint density at radius 3 is 2.75 bits per heavy atom. The first-order valence-corrected chi connectivity index (χ1v) is 6.74. The van der Waals surface area contributed by atoms with Gasteiger partial charge in [0.2, 0.25) is 0 Å². The summed E-state index contributed by atoms with van der Waals surface area (Å²) in [4.78, 5) is 12.6. The van der Waals surface area contributed by atoms with Gasteiger partial charge < -0.3 is 5.11 Å². The summed E-state index contributed by atoms with van der Waals surface area (Å²) in [6.45, 7) is 2.84. The van der Waals surface area contributed by atoms with Crippen molar-refractivity contribution in [2.45, 2.75) is 26.1 Å². The molecule has 2 heterocycles. The second-order valence-corrected chi connectivity index (χ2v) is 5.41. The van der Waals surface area contributed by atoms with Crippen LogP contribution in [0.3, 0.4) is 0 Å². The van der Waals surface area contributed by atoms with Crippen LogP contribution in [0.4, 0.5) is 4.79 Å². The lowest BCUT2D eigenvalue weighted by Crippen LogP contribution is -2.44. The molecule has 0 saturated heterocycles. The molecule has 0 bridgehead atoms. The van der Waals surface area contributed by atoms with Crippen LogP contribution in [0.5, 0.6) is 0 Å². The van der Waals surface area contributed by atoms with E-state index >= 15 is 0 Å². The van der Waals surface area contributed by atoms with Crippen molar-refractivity contribution in [3.63, 3.8) is 0 Å². The second kappa shape index (κ2) is 4.83. The maximum atomic E-state index is 11.2. The van der Waals surface area contributed by atoms with Gasteiger partial charge in [0.1, 0.15) is 0 Å². The van der Waals surface area contributed by atoms with Crippen LogP contribution in [0.1, 0.15) is 12.6 Å². The summed E-state index contributed by atoms with van der Waals surface area (Å²) in [6.07, 6.45) is -0.891. The highest BCUT2D eigenvalue weighted by molar-refractivity contribution is 6.30. The first kappa shape index (κ1) is 13.0. The van der Waals surface area contributed by atoms with Crippen molar-refractivity contribution in [3.05, 3.63) is 41.0 Å². The van der Waals surface area contributed by atoms with Gasteiger partial charge in [-0.3, -0.25) is 9.58 Å². The van der Waals surface area contributed by atoms with Gasteiger partial charge in [-0.15, -0.1) is 0 Å². The monoisotopic (exact) mass is 291 g/mol. The lowest BCUT2D eigenvalue weighted by molar-refractivity contribution is 0.105. The van der Waals surface area contributed by atoms with Crippen molar-refractivity contribution in [1.82, 2.24) is 14.7 Å². The van der Waals surface area contributed by atoms with Gasteiger partial charge in [0, 0.05) is 10.6 Å². The molecule has 0 unspecified atom stereocenters. The molecule has 5 nitrogen and oxygen atoms in total. The molecule has 0 aliphatic carbocycles. The van der Waals surface area contributed by atoms with Crippen LogP contribution in [-0.4, -0.2) is 31.9 Å². The highest BCUT2D eigenvalue weighted by Crippen LogP contribution is 2.25.